The molecule has 0 atom stereocenters. The summed E-state index contributed by atoms with van der Waals surface area (Å²) in [6.07, 6.45) is 3.86. The van der Waals surface area contributed by atoms with Crippen molar-refractivity contribution in [1.29, 1.82) is 0 Å². The molecule has 1 heterocycles. The average Bonchev–Trinajstić information content (AvgIpc) is 2.42. The van der Waals surface area contributed by atoms with Crippen molar-refractivity contribution < 1.29 is 0 Å². The number of likely N-dealkylation sites (N-methyl/N-ethyl adjacent to an activating group) is 1. The second kappa shape index (κ2) is 7.89. The summed E-state index contributed by atoms with van der Waals surface area (Å²) in [5.74, 6) is 1.26. The highest BCUT2D eigenvalue weighted by molar-refractivity contribution is 5.49. The van der Waals surface area contributed by atoms with E-state index >= 15 is 0 Å². The van der Waals surface area contributed by atoms with Gasteiger partial charge in [-0.05, 0) is 13.5 Å². The van der Waals surface area contributed by atoms with E-state index in [1.54, 1.807) is 0 Å². The highest BCUT2D eigenvalue weighted by Gasteiger charge is 2.13. The third-order valence-corrected chi connectivity index (χ3v) is 3.00. The summed E-state index contributed by atoms with van der Waals surface area (Å²) in [6.45, 7) is 15.8. The zero-order valence-electron chi connectivity index (χ0n) is 12.6. The third-order valence-electron chi connectivity index (χ3n) is 3.00. The molecule has 106 valence electrons. The van der Waals surface area contributed by atoms with E-state index in [2.05, 4.69) is 49.5 Å². The molecule has 0 unspecified atom stereocenters. The lowest BCUT2D eigenvalue weighted by molar-refractivity contribution is 0.681. The lowest BCUT2D eigenvalue weighted by Crippen LogP contribution is -2.26. The molecule has 0 aliphatic heterocycles. The fraction of sp³-hybridized carbons (Fsp3) is 0.600. The Bertz CT molecular complexity index is 401. The van der Waals surface area contributed by atoms with Gasteiger partial charge in [-0.1, -0.05) is 26.8 Å². The van der Waals surface area contributed by atoms with E-state index in [0.29, 0.717) is 5.92 Å². The molecule has 0 fully saturated rings. The Morgan fingerprint density at radius 1 is 1.42 bits per heavy atom. The molecular weight excluding hydrogens is 236 g/mol. The minimum atomic E-state index is 0.351. The lowest BCUT2D eigenvalue weighted by Gasteiger charge is -2.24. The van der Waals surface area contributed by atoms with Crippen molar-refractivity contribution >= 4 is 5.69 Å². The molecule has 0 aliphatic rings. The molecule has 0 aliphatic carbocycles. The molecule has 19 heavy (non-hydrogen) atoms. The van der Waals surface area contributed by atoms with Crippen LogP contribution in [0, 0.1) is 0 Å². The number of hydrogen-bond donors (Lipinski definition) is 1. The van der Waals surface area contributed by atoms with Gasteiger partial charge in [-0.15, -0.1) is 6.58 Å². The van der Waals surface area contributed by atoms with E-state index in [1.807, 2.05) is 12.3 Å². The molecule has 0 saturated heterocycles. The molecule has 1 N–H and O–H groups in total. The van der Waals surface area contributed by atoms with Gasteiger partial charge < -0.3 is 10.2 Å². The van der Waals surface area contributed by atoms with E-state index < -0.39 is 0 Å². The van der Waals surface area contributed by atoms with Gasteiger partial charge in [0.05, 0.1) is 17.6 Å². The molecule has 0 saturated carbocycles. The Labute approximate surface area is 117 Å². The van der Waals surface area contributed by atoms with Gasteiger partial charge in [-0.25, -0.2) is 9.97 Å². The van der Waals surface area contributed by atoms with Crippen LogP contribution in [-0.2, 0) is 6.54 Å². The van der Waals surface area contributed by atoms with E-state index in [1.165, 1.54) is 0 Å². The Hall–Kier alpha value is -1.42. The maximum atomic E-state index is 4.71. The van der Waals surface area contributed by atoms with Gasteiger partial charge in [-0.2, -0.15) is 0 Å². The zero-order chi connectivity index (χ0) is 14.3. The lowest BCUT2D eigenvalue weighted by atomic mass is 10.2. The molecule has 0 amide bonds. The van der Waals surface area contributed by atoms with Gasteiger partial charge in [0.1, 0.15) is 5.82 Å². The summed E-state index contributed by atoms with van der Waals surface area (Å²) in [5, 5.41) is 3.35. The highest BCUT2D eigenvalue weighted by Crippen LogP contribution is 2.20. The second-order valence-electron chi connectivity index (χ2n) is 4.82. The zero-order valence-corrected chi connectivity index (χ0v) is 12.6. The summed E-state index contributed by atoms with van der Waals surface area (Å²) < 4.78 is 0. The first-order valence-corrected chi connectivity index (χ1v) is 7.06. The van der Waals surface area contributed by atoms with Crippen molar-refractivity contribution in [1.82, 2.24) is 15.3 Å². The number of nitrogens with zero attached hydrogens (tertiary/aromatic N) is 3. The molecule has 1 aromatic heterocycles. The van der Waals surface area contributed by atoms with Crippen molar-refractivity contribution in [2.45, 2.75) is 40.2 Å². The molecule has 0 bridgehead atoms. The van der Waals surface area contributed by atoms with Crippen molar-refractivity contribution in [2.24, 2.45) is 0 Å². The van der Waals surface area contributed by atoms with Crippen LogP contribution < -0.4 is 10.2 Å². The molecular formula is C15H26N4. The highest BCUT2D eigenvalue weighted by atomic mass is 15.1. The van der Waals surface area contributed by atoms with Gasteiger partial charge in [0.2, 0.25) is 0 Å². The van der Waals surface area contributed by atoms with Crippen LogP contribution in [0.3, 0.4) is 0 Å². The fourth-order valence-electron chi connectivity index (χ4n) is 1.90. The number of rotatable bonds is 8. The monoisotopic (exact) mass is 262 g/mol. The molecule has 4 nitrogen and oxygen atoms in total. The topological polar surface area (TPSA) is 41.1 Å². The van der Waals surface area contributed by atoms with Gasteiger partial charge >= 0.3 is 0 Å². The Morgan fingerprint density at radius 3 is 2.68 bits per heavy atom. The van der Waals surface area contributed by atoms with Gasteiger partial charge in [0.25, 0.3) is 0 Å². The fourth-order valence-corrected chi connectivity index (χ4v) is 1.90. The number of aromatic nitrogens is 2. The minimum absolute atomic E-state index is 0.351. The summed E-state index contributed by atoms with van der Waals surface area (Å²) >= 11 is 0. The van der Waals surface area contributed by atoms with Crippen LogP contribution in [0.2, 0.25) is 0 Å². The predicted molar refractivity (Wildman–Crippen MR) is 81.6 cm³/mol. The Morgan fingerprint density at radius 2 is 2.16 bits per heavy atom. The summed E-state index contributed by atoms with van der Waals surface area (Å²) in [4.78, 5) is 11.4. The van der Waals surface area contributed by atoms with Crippen LogP contribution in [-0.4, -0.2) is 29.6 Å². The van der Waals surface area contributed by atoms with Crippen LogP contribution in [0.25, 0.3) is 0 Å². The maximum absolute atomic E-state index is 4.71. The van der Waals surface area contributed by atoms with E-state index in [-0.39, 0.29) is 0 Å². The van der Waals surface area contributed by atoms with Crippen molar-refractivity contribution in [2.75, 3.05) is 24.5 Å². The normalized spacial score (nSPS) is 10.8. The average molecular weight is 262 g/mol. The summed E-state index contributed by atoms with van der Waals surface area (Å²) in [5.41, 5.74) is 2.18. The predicted octanol–water partition coefficient (Wildman–Crippen LogP) is 2.72. The molecule has 0 radical (unpaired) electrons. The summed E-state index contributed by atoms with van der Waals surface area (Å²) in [6, 6.07) is 0. The number of hydrogen-bond acceptors (Lipinski definition) is 4. The van der Waals surface area contributed by atoms with Gasteiger partial charge in [-0.3, -0.25) is 0 Å². The van der Waals surface area contributed by atoms with Gasteiger partial charge in [0, 0.05) is 25.6 Å². The molecule has 4 heteroatoms. The number of nitrogens with one attached hydrogen (secondary N) is 1. The molecule has 1 rings (SSSR count). The van der Waals surface area contributed by atoms with Crippen LogP contribution in [0.5, 0.6) is 0 Å². The van der Waals surface area contributed by atoms with E-state index in [9.17, 15) is 0 Å². The van der Waals surface area contributed by atoms with Crippen LogP contribution in [0.15, 0.2) is 18.9 Å². The quantitative estimate of drug-likeness (QED) is 0.731. The first-order chi connectivity index (χ1) is 9.13. The largest absolute Gasteiger partial charge is 0.365 e. The van der Waals surface area contributed by atoms with E-state index in [4.69, 9.17) is 4.98 Å². The van der Waals surface area contributed by atoms with Crippen LogP contribution >= 0.6 is 0 Å². The minimum Gasteiger partial charge on any atom is -0.365 e. The SMILES string of the molecule is C=CCN(CC)c1cnc(C(C)C)nc1CNCC. The van der Waals surface area contributed by atoms with Crippen molar-refractivity contribution in [3.63, 3.8) is 0 Å². The number of anilines is 1. The molecule has 0 aromatic carbocycles. The smallest absolute Gasteiger partial charge is 0.131 e. The third kappa shape index (κ3) is 4.31. The van der Waals surface area contributed by atoms with Crippen LogP contribution in [0.1, 0.15) is 45.1 Å². The Kier molecular flexibility index (Phi) is 6.50. The molecule has 0 spiro atoms. The van der Waals surface area contributed by atoms with Crippen molar-refractivity contribution in [3.05, 3.63) is 30.4 Å². The first-order valence-electron chi connectivity index (χ1n) is 7.06. The van der Waals surface area contributed by atoms with E-state index in [0.717, 1.165) is 43.4 Å². The van der Waals surface area contributed by atoms with Crippen molar-refractivity contribution in [3.8, 4) is 0 Å². The Balaban J connectivity index is 3.09. The van der Waals surface area contributed by atoms with Crippen LogP contribution in [0.4, 0.5) is 5.69 Å². The second-order valence-corrected chi connectivity index (χ2v) is 4.82. The van der Waals surface area contributed by atoms with Gasteiger partial charge in [0.15, 0.2) is 0 Å². The standard InChI is InChI=1S/C15H26N4/c1-6-9-19(8-3)14-11-17-15(12(4)5)18-13(14)10-16-7-2/h6,11-12,16H,1,7-10H2,2-5H3. The molecule has 1 aromatic rings. The first kappa shape index (κ1) is 15.6. The maximum Gasteiger partial charge on any atom is 0.131 e. The summed E-state index contributed by atoms with van der Waals surface area (Å²) in [7, 11) is 0.